The molecule has 0 bridgehead atoms. The molecule has 9 nitrogen and oxygen atoms in total. The van der Waals surface area contributed by atoms with Crippen molar-refractivity contribution in [3.8, 4) is 11.5 Å². The molecule has 0 saturated carbocycles. The van der Waals surface area contributed by atoms with Crippen LogP contribution in [-0.2, 0) is 10.0 Å². The predicted octanol–water partition coefficient (Wildman–Crippen LogP) is 4.76. The number of anilines is 1. The second-order valence-corrected chi connectivity index (χ2v) is 10.9. The molecule has 2 atom stereocenters. The Bertz CT molecular complexity index is 1720. The Morgan fingerprint density at radius 1 is 1.11 bits per heavy atom. The highest BCUT2D eigenvalue weighted by Crippen LogP contribution is 2.32. The maximum Gasteiger partial charge on any atom is 0.285 e. The highest BCUT2D eigenvalue weighted by atomic mass is 32.2. The Hall–Kier alpha value is -4.12. The van der Waals surface area contributed by atoms with E-state index in [1.807, 2.05) is 24.6 Å². The summed E-state index contributed by atoms with van der Waals surface area (Å²) in [5.74, 6) is -0.647. The van der Waals surface area contributed by atoms with E-state index in [1.54, 1.807) is 43.3 Å². The maximum atomic E-state index is 13.9. The van der Waals surface area contributed by atoms with Crippen molar-refractivity contribution < 1.29 is 22.0 Å². The highest BCUT2D eigenvalue weighted by molar-refractivity contribution is 7.89. The molecule has 3 aromatic heterocycles. The van der Waals surface area contributed by atoms with Gasteiger partial charge in [-0.15, -0.1) is 0 Å². The first-order valence-electron chi connectivity index (χ1n) is 11.8. The van der Waals surface area contributed by atoms with Crippen LogP contribution in [0, 0.1) is 13.8 Å². The van der Waals surface area contributed by atoms with Crippen molar-refractivity contribution in [3.05, 3.63) is 87.0 Å². The van der Waals surface area contributed by atoms with Crippen molar-refractivity contribution >= 4 is 32.6 Å². The topological polar surface area (TPSA) is 131 Å². The van der Waals surface area contributed by atoms with E-state index in [0.717, 1.165) is 11.8 Å². The number of halogens is 1. The van der Waals surface area contributed by atoms with Gasteiger partial charge in [0.25, 0.3) is 5.91 Å². The van der Waals surface area contributed by atoms with Gasteiger partial charge >= 0.3 is 0 Å². The van der Waals surface area contributed by atoms with Gasteiger partial charge in [-0.25, -0.2) is 27.5 Å². The number of alkyl halides is 1. The summed E-state index contributed by atoms with van der Waals surface area (Å²) < 4.78 is 45.3. The fraction of sp³-hybridized carbons (Fsp3) is 0.259. The molecule has 38 heavy (non-hydrogen) atoms. The van der Waals surface area contributed by atoms with E-state index < -0.39 is 28.1 Å². The first-order chi connectivity index (χ1) is 17.9. The third-order valence-electron chi connectivity index (χ3n) is 5.94. The van der Waals surface area contributed by atoms with Crippen molar-refractivity contribution in [2.75, 3.05) is 11.6 Å². The number of rotatable bonds is 7. The lowest BCUT2D eigenvalue weighted by molar-refractivity contribution is 0.0977. The minimum atomic E-state index is -3.80. The average Bonchev–Trinajstić information content (AvgIpc) is 2.85. The van der Waals surface area contributed by atoms with Crippen molar-refractivity contribution in [2.45, 2.75) is 39.9 Å². The Labute approximate surface area is 219 Å². The summed E-state index contributed by atoms with van der Waals surface area (Å²) in [6.45, 7) is 6.68. The molecule has 1 aromatic carbocycles. The number of nitrogens with one attached hydrogen (secondary N) is 2. The second kappa shape index (κ2) is 10.3. The van der Waals surface area contributed by atoms with E-state index in [0.29, 0.717) is 27.8 Å². The molecule has 0 radical (unpaired) electrons. The molecule has 1 amide bonds. The van der Waals surface area contributed by atoms with Crippen molar-refractivity contribution in [3.63, 3.8) is 0 Å². The third kappa shape index (κ3) is 5.57. The molecule has 3 heterocycles. The number of fused-ring (bicyclic) bond motifs is 1. The minimum Gasteiger partial charge on any atom is -0.454 e. The highest BCUT2D eigenvalue weighted by Gasteiger charge is 2.22. The van der Waals surface area contributed by atoms with E-state index in [2.05, 4.69) is 15.3 Å². The third-order valence-corrected chi connectivity index (χ3v) is 6.50. The lowest BCUT2D eigenvalue weighted by atomic mass is 9.99. The number of carbonyl (C=O) groups is 1. The van der Waals surface area contributed by atoms with Crippen LogP contribution in [0.2, 0.25) is 0 Å². The number of hydrogen-bond donors (Lipinski definition) is 2. The minimum absolute atomic E-state index is 0.110. The number of aryl methyl sites for hydroxylation is 1. The van der Waals surface area contributed by atoms with Crippen LogP contribution in [0.25, 0.3) is 22.4 Å². The average molecular weight is 539 g/mol. The van der Waals surface area contributed by atoms with Crippen LogP contribution in [0.4, 0.5) is 10.1 Å². The molecule has 0 aliphatic heterocycles. The number of pyridine rings is 2. The number of amides is 1. The zero-order chi connectivity index (χ0) is 27.8. The van der Waals surface area contributed by atoms with E-state index in [1.165, 1.54) is 13.1 Å². The number of hydrogen-bond acceptors (Lipinski definition) is 8. The Morgan fingerprint density at radius 3 is 2.53 bits per heavy atom. The van der Waals surface area contributed by atoms with Gasteiger partial charge in [-0.2, -0.15) is 0 Å². The van der Waals surface area contributed by atoms with Crippen molar-refractivity contribution in [1.82, 2.24) is 14.7 Å². The molecule has 4 aromatic rings. The van der Waals surface area contributed by atoms with Crippen LogP contribution in [0.5, 0.6) is 0 Å². The summed E-state index contributed by atoms with van der Waals surface area (Å²) in [6, 6.07) is 11.2. The SMILES string of the molecule is Cc1cc([C@@H](C)Nc2cccnc2C(=O)NS(C)(=O)=O)c2oc(-c3cccc(C(C)F)n3)c(C)c(=O)c2c1. The zero-order valence-electron chi connectivity index (χ0n) is 21.5. The molecule has 0 fully saturated rings. The Kier molecular flexibility index (Phi) is 7.32. The molecule has 2 N–H and O–H groups in total. The molecule has 0 aliphatic carbocycles. The first kappa shape index (κ1) is 26.9. The molecular weight excluding hydrogens is 511 g/mol. The molecular formula is C27H27FN4O5S. The number of aromatic nitrogens is 2. The number of sulfonamides is 1. The van der Waals surface area contributed by atoms with Gasteiger partial charge < -0.3 is 9.73 Å². The van der Waals surface area contributed by atoms with Crippen molar-refractivity contribution in [1.29, 1.82) is 0 Å². The lowest BCUT2D eigenvalue weighted by Crippen LogP contribution is -2.30. The van der Waals surface area contributed by atoms with Gasteiger partial charge in [0.15, 0.2) is 16.9 Å². The molecule has 4 rings (SSSR count). The van der Waals surface area contributed by atoms with Gasteiger partial charge in [-0.1, -0.05) is 12.1 Å². The Morgan fingerprint density at radius 2 is 1.84 bits per heavy atom. The number of carbonyl (C=O) groups excluding carboxylic acids is 1. The van der Waals surface area contributed by atoms with Crippen LogP contribution in [0.3, 0.4) is 0 Å². The van der Waals surface area contributed by atoms with Gasteiger partial charge in [0, 0.05) is 17.3 Å². The summed E-state index contributed by atoms with van der Waals surface area (Å²) >= 11 is 0. The smallest absolute Gasteiger partial charge is 0.285 e. The summed E-state index contributed by atoms with van der Waals surface area (Å²) in [6.07, 6.45) is 0.962. The van der Waals surface area contributed by atoms with E-state index in [-0.39, 0.29) is 28.3 Å². The van der Waals surface area contributed by atoms with Crippen LogP contribution >= 0.6 is 0 Å². The van der Waals surface area contributed by atoms with Crippen molar-refractivity contribution in [2.24, 2.45) is 0 Å². The van der Waals surface area contributed by atoms with E-state index >= 15 is 0 Å². The molecule has 1 unspecified atom stereocenters. The fourth-order valence-electron chi connectivity index (χ4n) is 4.16. The largest absolute Gasteiger partial charge is 0.454 e. The lowest BCUT2D eigenvalue weighted by Gasteiger charge is -2.20. The number of nitrogens with zero attached hydrogens (tertiary/aromatic N) is 2. The van der Waals surface area contributed by atoms with Gasteiger partial charge in [-0.05, 0) is 63.6 Å². The molecule has 0 spiro atoms. The normalized spacial score (nSPS) is 13.2. The summed E-state index contributed by atoms with van der Waals surface area (Å²) in [5, 5.41) is 3.55. The first-order valence-corrected chi connectivity index (χ1v) is 13.7. The summed E-state index contributed by atoms with van der Waals surface area (Å²) in [5.41, 5.74) is 2.58. The Balaban J connectivity index is 1.83. The standard InChI is InChI=1S/C27H27FN4O5S/c1-14-12-18(17(4)30-21-10-7-11-29-23(21)27(34)32-38(5,35)36)26-19(13-14)24(33)15(2)25(37-26)22-9-6-8-20(31-22)16(3)28/h6-13,16-17,30H,1-5H3,(H,32,34)/t16?,17-/m1/s1. The van der Waals surface area contributed by atoms with Crippen LogP contribution < -0.4 is 15.5 Å². The molecule has 198 valence electrons. The molecule has 0 saturated heterocycles. The summed E-state index contributed by atoms with van der Waals surface area (Å²) in [7, 11) is -3.80. The van der Waals surface area contributed by atoms with E-state index in [4.69, 9.17) is 4.42 Å². The van der Waals surface area contributed by atoms with Gasteiger partial charge in [0.2, 0.25) is 10.0 Å². The maximum absolute atomic E-state index is 13.9. The van der Waals surface area contributed by atoms with Gasteiger partial charge in [0.05, 0.1) is 29.1 Å². The van der Waals surface area contributed by atoms with E-state index in [9.17, 15) is 22.4 Å². The quantitative estimate of drug-likeness (QED) is 0.344. The number of benzene rings is 1. The fourth-order valence-corrected chi connectivity index (χ4v) is 4.60. The van der Waals surface area contributed by atoms with Crippen LogP contribution in [0.15, 0.2) is 57.9 Å². The van der Waals surface area contributed by atoms with Gasteiger partial charge in [-0.3, -0.25) is 9.59 Å². The monoisotopic (exact) mass is 538 g/mol. The molecule has 11 heteroatoms. The van der Waals surface area contributed by atoms with Crippen LogP contribution in [0.1, 0.15) is 58.9 Å². The van der Waals surface area contributed by atoms with Crippen LogP contribution in [-0.4, -0.2) is 30.5 Å². The summed E-state index contributed by atoms with van der Waals surface area (Å²) in [4.78, 5) is 34.3. The molecule has 0 aliphatic rings. The van der Waals surface area contributed by atoms with Gasteiger partial charge in [0.1, 0.15) is 17.4 Å². The zero-order valence-corrected chi connectivity index (χ0v) is 22.3. The second-order valence-electron chi connectivity index (χ2n) is 9.15. The predicted molar refractivity (Wildman–Crippen MR) is 143 cm³/mol.